The number of rotatable bonds is 2. The number of ketones is 1. The van der Waals surface area contributed by atoms with Gasteiger partial charge in [-0.25, -0.2) is 4.98 Å². The Labute approximate surface area is 97.3 Å². The molecular formula is C13H9N3O. The maximum atomic E-state index is 12.2. The van der Waals surface area contributed by atoms with Crippen LogP contribution < -0.4 is 0 Å². The lowest BCUT2D eigenvalue weighted by atomic mass is 10.0. The number of fused-ring (bicyclic) bond motifs is 1. The quantitative estimate of drug-likeness (QED) is 0.677. The Balaban J connectivity index is 2.21. The highest BCUT2D eigenvalue weighted by Crippen LogP contribution is 2.18. The molecular weight excluding hydrogens is 214 g/mol. The van der Waals surface area contributed by atoms with Gasteiger partial charge in [-0.05, 0) is 12.1 Å². The van der Waals surface area contributed by atoms with Crippen LogP contribution in [-0.2, 0) is 0 Å². The largest absolute Gasteiger partial charge is 0.342 e. The number of benzene rings is 1. The molecule has 0 bridgehead atoms. The molecule has 17 heavy (non-hydrogen) atoms. The maximum absolute atomic E-state index is 12.2. The van der Waals surface area contributed by atoms with E-state index in [2.05, 4.69) is 15.0 Å². The van der Waals surface area contributed by atoms with Gasteiger partial charge < -0.3 is 4.98 Å². The molecule has 0 aliphatic rings. The number of pyridine rings is 1. The van der Waals surface area contributed by atoms with Crippen LogP contribution >= 0.6 is 0 Å². The number of carbonyl (C=O) groups excluding carboxylic acids is 1. The molecule has 2 heterocycles. The Kier molecular flexibility index (Phi) is 2.19. The van der Waals surface area contributed by atoms with Gasteiger partial charge in [-0.3, -0.25) is 9.78 Å². The summed E-state index contributed by atoms with van der Waals surface area (Å²) >= 11 is 0. The Bertz CT molecular complexity index is 669. The van der Waals surface area contributed by atoms with Gasteiger partial charge in [-0.15, -0.1) is 0 Å². The molecule has 3 aromatic rings. The number of aromatic amines is 1. The fourth-order valence-corrected chi connectivity index (χ4v) is 1.82. The van der Waals surface area contributed by atoms with Crippen molar-refractivity contribution in [2.45, 2.75) is 0 Å². The first-order valence-corrected chi connectivity index (χ1v) is 5.24. The summed E-state index contributed by atoms with van der Waals surface area (Å²) in [7, 11) is 0. The van der Waals surface area contributed by atoms with Crippen LogP contribution in [0.25, 0.3) is 10.9 Å². The molecule has 0 unspecified atom stereocenters. The minimum absolute atomic E-state index is 0.117. The fraction of sp³-hybridized carbons (Fsp3) is 0. The first-order chi connectivity index (χ1) is 8.36. The summed E-state index contributed by atoms with van der Waals surface area (Å²) in [6.45, 7) is 0. The molecule has 4 nitrogen and oxygen atoms in total. The predicted molar refractivity (Wildman–Crippen MR) is 63.8 cm³/mol. The molecule has 0 aliphatic heterocycles. The number of nitrogens with one attached hydrogen (secondary N) is 1. The van der Waals surface area contributed by atoms with Crippen molar-refractivity contribution in [1.82, 2.24) is 15.0 Å². The lowest BCUT2D eigenvalue weighted by molar-refractivity contribution is 0.103. The van der Waals surface area contributed by atoms with Gasteiger partial charge in [0.1, 0.15) is 0 Å². The normalized spacial score (nSPS) is 10.6. The van der Waals surface area contributed by atoms with E-state index in [0.717, 1.165) is 10.9 Å². The van der Waals surface area contributed by atoms with E-state index in [-0.39, 0.29) is 5.78 Å². The molecule has 0 radical (unpaired) electrons. The Morgan fingerprint density at radius 1 is 1.06 bits per heavy atom. The van der Waals surface area contributed by atoms with Gasteiger partial charge in [0, 0.05) is 29.5 Å². The number of H-pyrrole nitrogens is 1. The van der Waals surface area contributed by atoms with E-state index >= 15 is 0 Å². The van der Waals surface area contributed by atoms with E-state index in [1.807, 2.05) is 24.3 Å². The summed E-state index contributed by atoms with van der Waals surface area (Å²) in [5.74, 6) is 0.231. The summed E-state index contributed by atoms with van der Waals surface area (Å²) in [5.41, 5.74) is 1.43. The molecule has 1 aromatic carbocycles. The van der Waals surface area contributed by atoms with E-state index in [1.165, 1.54) is 0 Å². The van der Waals surface area contributed by atoms with Crippen molar-refractivity contribution in [1.29, 1.82) is 0 Å². The van der Waals surface area contributed by atoms with Crippen LogP contribution in [0.15, 0.2) is 48.9 Å². The summed E-state index contributed by atoms with van der Waals surface area (Å²) < 4.78 is 0. The van der Waals surface area contributed by atoms with E-state index < -0.39 is 0 Å². The summed E-state index contributed by atoms with van der Waals surface area (Å²) in [4.78, 5) is 23.2. The molecule has 0 spiro atoms. The van der Waals surface area contributed by atoms with E-state index in [4.69, 9.17) is 0 Å². The number of nitrogens with zero attached hydrogens (tertiary/aromatic N) is 2. The summed E-state index contributed by atoms with van der Waals surface area (Å²) in [5, 5.41) is 0.844. The minimum Gasteiger partial charge on any atom is -0.342 e. The van der Waals surface area contributed by atoms with Gasteiger partial charge >= 0.3 is 0 Å². The second kappa shape index (κ2) is 3.83. The number of aromatic nitrogens is 3. The van der Waals surface area contributed by atoms with Gasteiger partial charge in [0.2, 0.25) is 5.78 Å². The second-order valence-electron chi connectivity index (χ2n) is 3.64. The van der Waals surface area contributed by atoms with Crippen LogP contribution in [-0.4, -0.2) is 20.7 Å². The molecule has 0 saturated carbocycles. The molecule has 0 atom stereocenters. The van der Waals surface area contributed by atoms with Gasteiger partial charge in [0.15, 0.2) is 5.82 Å². The third-order valence-corrected chi connectivity index (χ3v) is 2.60. The maximum Gasteiger partial charge on any atom is 0.228 e. The molecule has 4 heteroatoms. The van der Waals surface area contributed by atoms with Crippen LogP contribution in [0.4, 0.5) is 0 Å². The standard InChI is InChI=1S/C13H9N3O/c17-12(13-15-7-8-16-13)10-3-1-5-11-9(10)4-2-6-14-11/h1-8H,(H,15,16). The summed E-state index contributed by atoms with van der Waals surface area (Å²) in [6.07, 6.45) is 4.91. The molecule has 0 aliphatic carbocycles. The number of carbonyl (C=O) groups is 1. The minimum atomic E-state index is -0.117. The second-order valence-corrected chi connectivity index (χ2v) is 3.64. The third kappa shape index (κ3) is 1.59. The zero-order valence-electron chi connectivity index (χ0n) is 8.92. The van der Waals surface area contributed by atoms with Crippen LogP contribution in [0.2, 0.25) is 0 Å². The first-order valence-electron chi connectivity index (χ1n) is 5.24. The highest BCUT2D eigenvalue weighted by Gasteiger charge is 2.14. The highest BCUT2D eigenvalue weighted by molar-refractivity contribution is 6.14. The van der Waals surface area contributed by atoms with Gasteiger partial charge in [-0.2, -0.15) is 0 Å². The van der Waals surface area contributed by atoms with Crippen LogP contribution in [0.1, 0.15) is 16.2 Å². The van der Waals surface area contributed by atoms with Crippen molar-refractivity contribution < 1.29 is 4.79 Å². The third-order valence-electron chi connectivity index (χ3n) is 2.60. The predicted octanol–water partition coefficient (Wildman–Crippen LogP) is 2.19. The number of hydrogen-bond acceptors (Lipinski definition) is 3. The van der Waals surface area contributed by atoms with E-state index in [9.17, 15) is 4.79 Å². The Morgan fingerprint density at radius 3 is 2.82 bits per heavy atom. The van der Waals surface area contributed by atoms with E-state index in [1.54, 1.807) is 24.7 Å². The topological polar surface area (TPSA) is 58.6 Å². The molecule has 3 rings (SSSR count). The van der Waals surface area contributed by atoms with Crippen molar-refractivity contribution in [3.05, 3.63) is 60.3 Å². The highest BCUT2D eigenvalue weighted by atomic mass is 16.1. The van der Waals surface area contributed by atoms with Crippen LogP contribution in [0, 0.1) is 0 Å². The number of imidazole rings is 1. The molecule has 0 amide bonds. The Morgan fingerprint density at radius 2 is 2.00 bits per heavy atom. The van der Waals surface area contributed by atoms with Crippen molar-refractivity contribution in [2.75, 3.05) is 0 Å². The lowest BCUT2D eigenvalue weighted by Gasteiger charge is -2.02. The lowest BCUT2D eigenvalue weighted by Crippen LogP contribution is -2.04. The fourth-order valence-electron chi connectivity index (χ4n) is 1.82. The van der Waals surface area contributed by atoms with Gasteiger partial charge in [-0.1, -0.05) is 18.2 Å². The average molecular weight is 223 g/mol. The zero-order valence-corrected chi connectivity index (χ0v) is 8.92. The van der Waals surface area contributed by atoms with Gasteiger partial charge in [0.05, 0.1) is 5.52 Å². The Hall–Kier alpha value is -2.49. The van der Waals surface area contributed by atoms with Crippen molar-refractivity contribution >= 4 is 16.7 Å². The first kappa shape index (κ1) is 9.72. The van der Waals surface area contributed by atoms with Crippen molar-refractivity contribution in [3.8, 4) is 0 Å². The summed E-state index contributed by atoms with van der Waals surface area (Å²) in [6, 6.07) is 9.20. The van der Waals surface area contributed by atoms with Gasteiger partial charge in [0.25, 0.3) is 0 Å². The molecule has 1 N–H and O–H groups in total. The zero-order chi connectivity index (χ0) is 11.7. The number of hydrogen-bond donors (Lipinski definition) is 1. The average Bonchev–Trinajstić information content (AvgIpc) is 2.91. The van der Waals surface area contributed by atoms with Crippen molar-refractivity contribution in [2.24, 2.45) is 0 Å². The monoisotopic (exact) mass is 223 g/mol. The van der Waals surface area contributed by atoms with E-state index in [0.29, 0.717) is 11.4 Å². The molecule has 2 aromatic heterocycles. The van der Waals surface area contributed by atoms with Crippen LogP contribution in [0.5, 0.6) is 0 Å². The SMILES string of the molecule is O=C(c1ncc[nH]1)c1cccc2ncccc12. The van der Waals surface area contributed by atoms with Crippen LogP contribution in [0.3, 0.4) is 0 Å². The molecule has 82 valence electrons. The smallest absolute Gasteiger partial charge is 0.228 e. The molecule has 0 fully saturated rings. The molecule has 0 saturated heterocycles. The van der Waals surface area contributed by atoms with Crippen molar-refractivity contribution in [3.63, 3.8) is 0 Å².